The first-order valence-corrected chi connectivity index (χ1v) is 7.25. The molecule has 0 atom stereocenters. The van der Waals surface area contributed by atoms with E-state index in [2.05, 4.69) is 63.6 Å². The zero-order valence-corrected chi connectivity index (χ0v) is 15.3. The molecule has 0 saturated carbocycles. The number of hydrogen-bond donors (Lipinski definition) is 0. The maximum Gasteiger partial charge on any atom is 0.0703 e. The Morgan fingerprint density at radius 1 is 1.05 bits per heavy atom. The summed E-state index contributed by atoms with van der Waals surface area (Å²) in [6.45, 7) is 10.9. The summed E-state index contributed by atoms with van der Waals surface area (Å²) in [5.41, 5.74) is 6.52. The third-order valence-electron chi connectivity index (χ3n) is 3.58. The van der Waals surface area contributed by atoms with Crippen molar-refractivity contribution >= 4 is 0 Å². The molecule has 0 radical (unpaired) electrons. The molecule has 1 heterocycles. The fourth-order valence-electron chi connectivity index (χ4n) is 2.59. The van der Waals surface area contributed by atoms with Crippen LogP contribution in [0.3, 0.4) is 0 Å². The van der Waals surface area contributed by atoms with Crippen LogP contribution in [-0.2, 0) is 33.9 Å². The molecule has 0 unspecified atom stereocenters. The van der Waals surface area contributed by atoms with Gasteiger partial charge in [0.05, 0.1) is 5.69 Å². The molecule has 0 aliphatic rings. The first-order valence-electron chi connectivity index (χ1n) is 7.25. The van der Waals surface area contributed by atoms with E-state index in [0.717, 1.165) is 12.8 Å². The molecule has 0 saturated heterocycles. The van der Waals surface area contributed by atoms with Crippen LogP contribution >= 0.6 is 0 Å². The molecule has 2 aromatic rings. The minimum absolute atomic E-state index is 0. The average molecular weight is 451 g/mol. The first-order chi connectivity index (χ1) is 9.08. The smallest absolute Gasteiger partial charge is 0.0703 e. The van der Waals surface area contributed by atoms with E-state index in [0.29, 0.717) is 6.04 Å². The number of rotatable bonds is 4. The van der Waals surface area contributed by atoms with E-state index >= 15 is 0 Å². The Morgan fingerprint density at radius 2 is 1.65 bits per heavy atom. The van der Waals surface area contributed by atoms with Crippen LogP contribution in [-0.4, -0.2) is 9.78 Å². The minimum Gasteiger partial charge on any atom is -0.266 e. The minimum atomic E-state index is 0. The summed E-state index contributed by atoms with van der Waals surface area (Å²) in [6.07, 6.45) is 2.00. The van der Waals surface area contributed by atoms with Crippen molar-refractivity contribution in [2.24, 2.45) is 0 Å². The van der Waals surface area contributed by atoms with Crippen LogP contribution < -0.4 is 0 Å². The van der Waals surface area contributed by atoms with Gasteiger partial charge in [-0.2, -0.15) is 5.10 Å². The monoisotopic (exact) mass is 451 g/mol. The fourth-order valence-corrected chi connectivity index (χ4v) is 2.59. The zero-order valence-electron chi connectivity index (χ0n) is 13.0. The SMILES string of the molecule is CCc1nn(C(C)C)c(CC)c1-c1ccc(C)cc1.[Pt]. The van der Waals surface area contributed by atoms with E-state index < -0.39 is 0 Å². The van der Waals surface area contributed by atoms with Crippen molar-refractivity contribution in [1.82, 2.24) is 9.78 Å². The summed E-state index contributed by atoms with van der Waals surface area (Å²) < 4.78 is 2.19. The predicted octanol–water partition coefficient (Wildman–Crippen LogP) is 4.56. The molecule has 0 aliphatic carbocycles. The molecule has 20 heavy (non-hydrogen) atoms. The van der Waals surface area contributed by atoms with Crippen LogP contribution in [0, 0.1) is 6.92 Å². The van der Waals surface area contributed by atoms with Gasteiger partial charge in [0, 0.05) is 38.4 Å². The Bertz CT molecular complexity index is 553. The first kappa shape index (κ1) is 17.2. The second-order valence-electron chi connectivity index (χ2n) is 5.38. The van der Waals surface area contributed by atoms with Gasteiger partial charge in [0.2, 0.25) is 0 Å². The number of aryl methyl sites for hydroxylation is 2. The van der Waals surface area contributed by atoms with Gasteiger partial charge in [0.25, 0.3) is 0 Å². The van der Waals surface area contributed by atoms with Crippen molar-refractivity contribution in [2.75, 3.05) is 0 Å². The van der Waals surface area contributed by atoms with Gasteiger partial charge in [-0.25, -0.2) is 0 Å². The number of aromatic nitrogens is 2. The van der Waals surface area contributed by atoms with Crippen LogP contribution in [0.15, 0.2) is 24.3 Å². The van der Waals surface area contributed by atoms with Gasteiger partial charge in [0.1, 0.15) is 0 Å². The average Bonchev–Trinajstić information content (AvgIpc) is 2.78. The third-order valence-corrected chi connectivity index (χ3v) is 3.58. The summed E-state index contributed by atoms with van der Waals surface area (Å²) in [7, 11) is 0. The molecule has 1 aromatic heterocycles. The van der Waals surface area contributed by atoms with Crippen LogP contribution in [0.25, 0.3) is 11.1 Å². The van der Waals surface area contributed by atoms with E-state index in [1.165, 1.54) is 28.1 Å². The van der Waals surface area contributed by atoms with Gasteiger partial charge in [-0.05, 0) is 39.2 Å². The molecule has 3 heteroatoms. The van der Waals surface area contributed by atoms with Crippen molar-refractivity contribution in [3.8, 4) is 11.1 Å². The summed E-state index contributed by atoms with van der Waals surface area (Å²) in [5, 5.41) is 4.81. The Morgan fingerprint density at radius 3 is 2.10 bits per heavy atom. The van der Waals surface area contributed by atoms with Gasteiger partial charge in [-0.15, -0.1) is 0 Å². The van der Waals surface area contributed by atoms with E-state index in [-0.39, 0.29) is 21.1 Å². The van der Waals surface area contributed by atoms with Crippen LogP contribution in [0.2, 0.25) is 0 Å². The molecular weight excluding hydrogens is 427 g/mol. The largest absolute Gasteiger partial charge is 0.266 e. The van der Waals surface area contributed by atoms with Gasteiger partial charge >= 0.3 is 0 Å². The van der Waals surface area contributed by atoms with Crippen molar-refractivity contribution in [1.29, 1.82) is 0 Å². The molecule has 2 rings (SSSR count). The summed E-state index contributed by atoms with van der Waals surface area (Å²) >= 11 is 0. The van der Waals surface area contributed by atoms with E-state index in [4.69, 9.17) is 5.10 Å². The number of nitrogens with zero attached hydrogens (tertiary/aromatic N) is 2. The molecule has 112 valence electrons. The van der Waals surface area contributed by atoms with Crippen LogP contribution in [0.4, 0.5) is 0 Å². The maximum atomic E-state index is 4.81. The Kier molecular flexibility index (Phi) is 6.20. The molecule has 2 nitrogen and oxygen atoms in total. The molecule has 0 fully saturated rings. The fraction of sp³-hybridized carbons (Fsp3) is 0.471. The third kappa shape index (κ3) is 3.23. The maximum absolute atomic E-state index is 4.81. The van der Waals surface area contributed by atoms with Gasteiger partial charge < -0.3 is 0 Å². The van der Waals surface area contributed by atoms with Crippen molar-refractivity contribution in [3.63, 3.8) is 0 Å². The van der Waals surface area contributed by atoms with E-state index in [9.17, 15) is 0 Å². The standard InChI is InChI=1S/C17H24N2.Pt/c1-6-15-17(14-10-8-13(5)9-11-14)16(7-2)19(18-15)12(3)4;/h8-12H,6-7H2,1-5H3;. The van der Waals surface area contributed by atoms with Crippen molar-refractivity contribution < 1.29 is 21.1 Å². The Hall–Kier alpha value is -0.882. The van der Waals surface area contributed by atoms with E-state index in [1.807, 2.05) is 0 Å². The molecule has 0 spiro atoms. The topological polar surface area (TPSA) is 17.8 Å². The molecular formula is C17H24N2Pt. The normalized spacial score (nSPS) is 10.7. The quantitative estimate of drug-likeness (QED) is 0.667. The van der Waals surface area contributed by atoms with Gasteiger partial charge in [0.15, 0.2) is 0 Å². The molecule has 1 aromatic carbocycles. The van der Waals surface area contributed by atoms with E-state index in [1.54, 1.807) is 0 Å². The van der Waals surface area contributed by atoms with Crippen LogP contribution in [0.1, 0.15) is 50.7 Å². The molecule has 0 N–H and O–H groups in total. The summed E-state index contributed by atoms with van der Waals surface area (Å²) in [6, 6.07) is 9.21. The second-order valence-corrected chi connectivity index (χ2v) is 5.38. The van der Waals surface area contributed by atoms with Gasteiger partial charge in [-0.3, -0.25) is 4.68 Å². The Labute approximate surface area is 136 Å². The second kappa shape index (κ2) is 7.22. The summed E-state index contributed by atoms with van der Waals surface area (Å²) in [5.74, 6) is 0. The number of benzene rings is 1. The predicted molar refractivity (Wildman–Crippen MR) is 81.5 cm³/mol. The van der Waals surface area contributed by atoms with Crippen molar-refractivity contribution in [3.05, 3.63) is 41.2 Å². The Balaban J connectivity index is 0.00000200. The molecule has 0 amide bonds. The zero-order chi connectivity index (χ0) is 14.0. The molecule has 0 aliphatic heterocycles. The van der Waals surface area contributed by atoms with Gasteiger partial charge in [-0.1, -0.05) is 43.7 Å². The molecule has 0 bridgehead atoms. The summed E-state index contributed by atoms with van der Waals surface area (Å²) in [4.78, 5) is 0. The van der Waals surface area contributed by atoms with Crippen molar-refractivity contribution in [2.45, 2.75) is 53.5 Å². The number of hydrogen-bond acceptors (Lipinski definition) is 1. The van der Waals surface area contributed by atoms with Crippen LogP contribution in [0.5, 0.6) is 0 Å².